The zero-order valence-corrected chi connectivity index (χ0v) is 10.6. The number of hydrogen-bond acceptors (Lipinski definition) is 5. The molecule has 0 amide bonds. The van der Waals surface area contributed by atoms with Gasteiger partial charge in [-0.2, -0.15) is 0 Å². The van der Waals surface area contributed by atoms with Gasteiger partial charge in [0.15, 0.2) is 0 Å². The Hall–Kier alpha value is -0.940. The minimum atomic E-state index is 0.00313. The van der Waals surface area contributed by atoms with E-state index in [1.807, 2.05) is 6.92 Å². The first-order chi connectivity index (χ1) is 8.31. The van der Waals surface area contributed by atoms with E-state index in [0.717, 1.165) is 32.4 Å². The van der Waals surface area contributed by atoms with Crippen molar-refractivity contribution in [1.29, 1.82) is 0 Å². The second-order valence-corrected chi connectivity index (χ2v) is 4.51. The molecule has 0 bridgehead atoms. The highest BCUT2D eigenvalue weighted by Gasteiger charge is 2.23. The molecule has 17 heavy (non-hydrogen) atoms. The average Bonchev–Trinajstić information content (AvgIpc) is 2.86. The molecule has 96 valence electrons. The van der Waals surface area contributed by atoms with Crippen molar-refractivity contribution in [3.63, 3.8) is 0 Å². The Kier molecular flexibility index (Phi) is 4.50. The summed E-state index contributed by atoms with van der Waals surface area (Å²) in [6.45, 7) is 5.92. The Morgan fingerprint density at radius 3 is 3.00 bits per heavy atom. The molecule has 1 fully saturated rings. The third-order valence-corrected chi connectivity index (χ3v) is 2.98. The van der Waals surface area contributed by atoms with Crippen molar-refractivity contribution < 1.29 is 9.15 Å². The Bertz CT molecular complexity index is 334. The summed E-state index contributed by atoms with van der Waals surface area (Å²) in [6, 6.07) is 0.111. The largest absolute Gasteiger partial charge is 0.421 e. The molecule has 2 rings (SSSR count). The van der Waals surface area contributed by atoms with Gasteiger partial charge in [-0.15, -0.1) is 10.2 Å². The highest BCUT2D eigenvalue weighted by molar-refractivity contribution is 4.91. The Morgan fingerprint density at radius 1 is 1.41 bits per heavy atom. The molecule has 1 N–H and O–H groups in total. The fourth-order valence-electron chi connectivity index (χ4n) is 1.94. The van der Waals surface area contributed by atoms with E-state index >= 15 is 0 Å². The van der Waals surface area contributed by atoms with Crippen molar-refractivity contribution in [2.75, 3.05) is 13.2 Å². The van der Waals surface area contributed by atoms with Gasteiger partial charge in [0.25, 0.3) is 0 Å². The van der Waals surface area contributed by atoms with Crippen molar-refractivity contribution in [2.45, 2.75) is 51.7 Å². The van der Waals surface area contributed by atoms with Crippen molar-refractivity contribution in [1.82, 2.24) is 15.5 Å². The van der Waals surface area contributed by atoms with Crippen LogP contribution in [0.5, 0.6) is 0 Å². The highest BCUT2D eigenvalue weighted by atomic mass is 16.5. The van der Waals surface area contributed by atoms with Gasteiger partial charge < -0.3 is 14.5 Å². The normalized spacial score (nSPS) is 22.6. The van der Waals surface area contributed by atoms with Crippen LogP contribution >= 0.6 is 0 Å². The van der Waals surface area contributed by atoms with Crippen LogP contribution in [-0.2, 0) is 4.74 Å². The maximum Gasteiger partial charge on any atom is 0.245 e. The van der Waals surface area contributed by atoms with E-state index in [1.54, 1.807) is 0 Å². The van der Waals surface area contributed by atoms with Gasteiger partial charge in [-0.3, -0.25) is 0 Å². The van der Waals surface area contributed by atoms with Gasteiger partial charge in [0.1, 0.15) is 6.10 Å². The van der Waals surface area contributed by atoms with E-state index in [-0.39, 0.29) is 12.1 Å². The van der Waals surface area contributed by atoms with Crippen LogP contribution in [0.25, 0.3) is 0 Å². The van der Waals surface area contributed by atoms with Gasteiger partial charge >= 0.3 is 0 Å². The molecular weight excluding hydrogens is 218 g/mol. The number of nitrogens with zero attached hydrogens (tertiary/aromatic N) is 2. The second-order valence-electron chi connectivity index (χ2n) is 4.51. The number of nitrogens with one attached hydrogen (secondary N) is 1. The molecule has 0 aliphatic carbocycles. The van der Waals surface area contributed by atoms with Crippen molar-refractivity contribution >= 4 is 0 Å². The molecule has 5 heteroatoms. The van der Waals surface area contributed by atoms with Gasteiger partial charge in [0, 0.05) is 6.61 Å². The van der Waals surface area contributed by atoms with Crippen molar-refractivity contribution in [2.24, 2.45) is 0 Å². The monoisotopic (exact) mass is 239 g/mol. The number of ether oxygens (including phenoxy) is 1. The summed E-state index contributed by atoms with van der Waals surface area (Å²) in [5, 5.41) is 11.5. The number of rotatable bonds is 5. The first kappa shape index (κ1) is 12.5. The molecule has 1 saturated heterocycles. The zero-order chi connectivity index (χ0) is 12.1. The maximum absolute atomic E-state index is 5.67. The third-order valence-electron chi connectivity index (χ3n) is 2.98. The quantitative estimate of drug-likeness (QED) is 0.854. The van der Waals surface area contributed by atoms with E-state index in [2.05, 4.69) is 22.4 Å². The highest BCUT2D eigenvalue weighted by Crippen LogP contribution is 2.27. The summed E-state index contributed by atoms with van der Waals surface area (Å²) in [7, 11) is 0. The summed E-state index contributed by atoms with van der Waals surface area (Å²) in [5.74, 6) is 1.28. The predicted octanol–water partition coefficient (Wildman–Crippen LogP) is 2.37. The fourth-order valence-corrected chi connectivity index (χ4v) is 1.94. The molecule has 2 heterocycles. The summed E-state index contributed by atoms with van der Waals surface area (Å²) in [4.78, 5) is 0. The van der Waals surface area contributed by atoms with Gasteiger partial charge in [0.2, 0.25) is 11.8 Å². The Labute approximate surface area is 102 Å². The third kappa shape index (κ3) is 3.26. The number of hydrogen-bond donors (Lipinski definition) is 1. The standard InChI is InChI=1S/C12H21N3O2/c1-3-7-13-9(2)11-14-15-12(17-11)10-6-4-5-8-16-10/h9-10,13H,3-8H2,1-2H3. The fraction of sp³-hybridized carbons (Fsp3) is 0.833. The first-order valence-corrected chi connectivity index (χ1v) is 6.49. The summed E-state index contributed by atoms with van der Waals surface area (Å²) in [6.07, 6.45) is 4.39. The smallest absolute Gasteiger partial charge is 0.245 e. The van der Waals surface area contributed by atoms with E-state index in [9.17, 15) is 0 Å². The minimum absolute atomic E-state index is 0.00313. The predicted molar refractivity (Wildman–Crippen MR) is 63.6 cm³/mol. The van der Waals surface area contributed by atoms with Crippen LogP contribution in [0.2, 0.25) is 0 Å². The lowest BCUT2D eigenvalue weighted by Gasteiger charge is -2.18. The zero-order valence-electron chi connectivity index (χ0n) is 10.6. The van der Waals surface area contributed by atoms with Crippen LogP contribution < -0.4 is 5.32 Å². The molecule has 0 aromatic carbocycles. The summed E-state index contributed by atoms with van der Waals surface area (Å²) >= 11 is 0. The summed E-state index contributed by atoms with van der Waals surface area (Å²) in [5.41, 5.74) is 0. The SMILES string of the molecule is CCCNC(C)c1nnc(C2CCCCO2)o1. The lowest BCUT2D eigenvalue weighted by atomic mass is 10.1. The van der Waals surface area contributed by atoms with Gasteiger partial charge in [-0.1, -0.05) is 6.92 Å². The molecule has 0 radical (unpaired) electrons. The minimum Gasteiger partial charge on any atom is -0.421 e. The first-order valence-electron chi connectivity index (χ1n) is 6.49. The van der Waals surface area contributed by atoms with Crippen LogP contribution in [0.3, 0.4) is 0 Å². The lowest BCUT2D eigenvalue weighted by molar-refractivity contribution is -0.00234. The van der Waals surface area contributed by atoms with Crippen LogP contribution in [0, 0.1) is 0 Å². The van der Waals surface area contributed by atoms with Crippen LogP contribution in [-0.4, -0.2) is 23.3 Å². The van der Waals surface area contributed by atoms with Crippen LogP contribution in [0.4, 0.5) is 0 Å². The van der Waals surface area contributed by atoms with E-state index in [1.165, 1.54) is 6.42 Å². The van der Waals surface area contributed by atoms with Crippen LogP contribution in [0.1, 0.15) is 63.5 Å². The van der Waals surface area contributed by atoms with Gasteiger partial charge in [-0.05, 0) is 39.2 Å². The van der Waals surface area contributed by atoms with E-state index in [0.29, 0.717) is 11.8 Å². The molecule has 1 aliphatic heterocycles. The number of aromatic nitrogens is 2. The van der Waals surface area contributed by atoms with E-state index < -0.39 is 0 Å². The molecule has 5 nitrogen and oxygen atoms in total. The topological polar surface area (TPSA) is 60.2 Å². The molecule has 1 aromatic heterocycles. The summed E-state index contributed by atoms with van der Waals surface area (Å²) < 4.78 is 11.3. The molecule has 0 saturated carbocycles. The maximum atomic E-state index is 5.67. The van der Waals surface area contributed by atoms with Crippen molar-refractivity contribution in [3.05, 3.63) is 11.8 Å². The molecule has 0 spiro atoms. The molecule has 1 aromatic rings. The molecule has 2 unspecified atom stereocenters. The second kappa shape index (κ2) is 6.12. The molecule has 2 atom stereocenters. The van der Waals surface area contributed by atoms with Crippen molar-refractivity contribution in [3.8, 4) is 0 Å². The molecule has 1 aliphatic rings. The van der Waals surface area contributed by atoms with Gasteiger partial charge in [0.05, 0.1) is 6.04 Å². The van der Waals surface area contributed by atoms with Gasteiger partial charge in [-0.25, -0.2) is 0 Å². The van der Waals surface area contributed by atoms with Crippen LogP contribution in [0.15, 0.2) is 4.42 Å². The average molecular weight is 239 g/mol. The Balaban J connectivity index is 1.94. The van der Waals surface area contributed by atoms with E-state index in [4.69, 9.17) is 9.15 Å². The molecular formula is C12H21N3O2. The Morgan fingerprint density at radius 2 is 2.29 bits per heavy atom. The lowest BCUT2D eigenvalue weighted by Crippen LogP contribution is -2.19.